The minimum absolute atomic E-state index is 0. The van der Waals surface area contributed by atoms with Gasteiger partial charge in [-0.25, -0.2) is 0 Å². The van der Waals surface area contributed by atoms with Gasteiger partial charge in [-0.2, -0.15) is 0 Å². The molecule has 0 aromatic carbocycles. The molecule has 0 amide bonds. The van der Waals surface area contributed by atoms with Gasteiger partial charge in [0, 0.05) is 0 Å². The third-order valence-electron chi connectivity index (χ3n) is 1.89. The molecule has 76 valence electrons. The highest BCUT2D eigenvalue weighted by Crippen LogP contribution is 2.21. The van der Waals surface area contributed by atoms with Crippen LogP contribution in [0.2, 0.25) is 0 Å². The number of rotatable bonds is 0. The maximum absolute atomic E-state index is 3.00. The van der Waals surface area contributed by atoms with Gasteiger partial charge in [-0.3, -0.25) is 0 Å². The average molecular weight is 174 g/mol. The topological polar surface area (TPSA) is 31.5 Å². The molecule has 2 N–H and O–H groups in total. The lowest BCUT2D eigenvalue weighted by atomic mass is 9.91. The van der Waals surface area contributed by atoms with Crippen molar-refractivity contribution in [2.75, 3.05) is 0 Å². The van der Waals surface area contributed by atoms with Crippen LogP contribution in [0.25, 0.3) is 0 Å². The van der Waals surface area contributed by atoms with Gasteiger partial charge in [0.25, 0.3) is 0 Å². The fourth-order valence-electron chi connectivity index (χ4n) is 1.31. The van der Waals surface area contributed by atoms with E-state index in [2.05, 4.69) is 20.1 Å². The van der Waals surface area contributed by atoms with Crippen molar-refractivity contribution in [2.24, 2.45) is 5.92 Å². The first-order valence-corrected chi connectivity index (χ1v) is 4.89. The summed E-state index contributed by atoms with van der Waals surface area (Å²) in [4.78, 5) is 0. The molecule has 1 rings (SSSR count). The fourth-order valence-corrected chi connectivity index (χ4v) is 1.31. The lowest BCUT2D eigenvalue weighted by Gasteiger charge is -2.15. The van der Waals surface area contributed by atoms with Crippen LogP contribution in [0.4, 0.5) is 0 Å². The van der Waals surface area contributed by atoms with E-state index in [-0.39, 0.29) is 5.48 Å². The molecule has 0 aromatic heterocycles. The molecule has 0 unspecified atom stereocenters. The van der Waals surface area contributed by atoms with Crippen molar-refractivity contribution in [1.29, 1.82) is 0 Å². The van der Waals surface area contributed by atoms with Crippen molar-refractivity contribution in [1.82, 2.24) is 0 Å². The van der Waals surface area contributed by atoms with Crippen LogP contribution in [0.15, 0.2) is 13.2 Å². The van der Waals surface area contributed by atoms with Crippen LogP contribution >= 0.6 is 0 Å². The van der Waals surface area contributed by atoms with Gasteiger partial charge in [-0.15, -0.1) is 13.2 Å². The smallest absolute Gasteiger partial charge is 0.0443 e. The maximum Gasteiger partial charge on any atom is -0.0443 e. The Morgan fingerprint density at radius 3 is 1.42 bits per heavy atom. The molecular formula is C11H26O. The molecule has 0 radical (unpaired) electrons. The van der Waals surface area contributed by atoms with Crippen LogP contribution in [0, 0.1) is 5.92 Å². The highest BCUT2D eigenvalue weighted by molar-refractivity contribution is 4.59. The molecular weight excluding hydrogens is 148 g/mol. The highest BCUT2D eigenvalue weighted by Gasteiger charge is 2.05. The first-order valence-electron chi connectivity index (χ1n) is 4.89. The van der Waals surface area contributed by atoms with E-state index in [1.165, 1.54) is 32.1 Å². The van der Waals surface area contributed by atoms with Crippen LogP contribution in [0.5, 0.6) is 0 Å². The van der Waals surface area contributed by atoms with Gasteiger partial charge >= 0.3 is 0 Å². The summed E-state index contributed by atoms with van der Waals surface area (Å²) >= 11 is 0. The summed E-state index contributed by atoms with van der Waals surface area (Å²) < 4.78 is 0. The zero-order valence-corrected chi connectivity index (χ0v) is 9.03. The van der Waals surface area contributed by atoms with Crippen LogP contribution in [-0.4, -0.2) is 5.48 Å². The van der Waals surface area contributed by atoms with Gasteiger partial charge in [0.2, 0.25) is 0 Å². The SMILES string of the molecule is C=C.CC.CC1CCCCC1.O. The second-order valence-corrected chi connectivity index (χ2v) is 2.74. The Hall–Kier alpha value is -0.300. The van der Waals surface area contributed by atoms with E-state index in [1.807, 2.05) is 13.8 Å². The molecule has 0 saturated heterocycles. The van der Waals surface area contributed by atoms with Crippen molar-refractivity contribution in [2.45, 2.75) is 52.9 Å². The van der Waals surface area contributed by atoms with Crippen molar-refractivity contribution in [3.05, 3.63) is 13.2 Å². The monoisotopic (exact) mass is 174 g/mol. The van der Waals surface area contributed by atoms with Crippen LogP contribution in [0.1, 0.15) is 52.9 Å². The molecule has 1 saturated carbocycles. The summed E-state index contributed by atoms with van der Waals surface area (Å²) in [5, 5.41) is 0. The summed E-state index contributed by atoms with van der Waals surface area (Å²) in [5.41, 5.74) is 0. The molecule has 0 aliphatic heterocycles. The molecule has 12 heavy (non-hydrogen) atoms. The van der Waals surface area contributed by atoms with Crippen molar-refractivity contribution in [3.63, 3.8) is 0 Å². The van der Waals surface area contributed by atoms with Gasteiger partial charge in [-0.1, -0.05) is 52.9 Å². The minimum Gasteiger partial charge on any atom is -0.412 e. The molecule has 0 aromatic rings. The third kappa shape index (κ3) is 12.4. The predicted octanol–water partition coefficient (Wildman–Crippen LogP) is 3.59. The lowest BCUT2D eigenvalue weighted by Crippen LogP contribution is -1.99. The second-order valence-electron chi connectivity index (χ2n) is 2.74. The normalized spacial score (nSPS) is 15.6. The first-order chi connectivity index (χ1) is 5.39. The van der Waals surface area contributed by atoms with Crippen molar-refractivity contribution < 1.29 is 5.48 Å². The van der Waals surface area contributed by atoms with Crippen LogP contribution in [0.3, 0.4) is 0 Å². The quantitative estimate of drug-likeness (QED) is 0.503. The summed E-state index contributed by atoms with van der Waals surface area (Å²) in [7, 11) is 0. The predicted molar refractivity (Wildman–Crippen MR) is 58.5 cm³/mol. The van der Waals surface area contributed by atoms with E-state index >= 15 is 0 Å². The van der Waals surface area contributed by atoms with E-state index in [0.717, 1.165) is 5.92 Å². The molecule has 1 aliphatic rings. The van der Waals surface area contributed by atoms with Crippen molar-refractivity contribution in [3.8, 4) is 0 Å². The average Bonchev–Trinajstić information content (AvgIpc) is 2.13. The van der Waals surface area contributed by atoms with Gasteiger partial charge < -0.3 is 5.48 Å². The largest absolute Gasteiger partial charge is 0.412 e. The van der Waals surface area contributed by atoms with Gasteiger partial charge in [0.1, 0.15) is 0 Å². The van der Waals surface area contributed by atoms with E-state index in [0.29, 0.717) is 0 Å². The molecule has 1 fully saturated rings. The molecule has 0 bridgehead atoms. The van der Waals surface area contributed by atoms with Crippen LogP contribution in [-0.2, 0) is 0 Å². The number of hydrogen-bond acceptors (Lipinski definition) is 0. The van der Waals surface area contributed by atoms with E-state index in [4.69, 9.17) is 0 Å². The third-order valence-corrected chi connectivity index (χ3v) is 1.89. The minimum atomic E-state index is 0. The van der Waals surface area contributed by atoms with Gasteiger partial charge in [0.05, 0.1) is 0 Å². The lowest BCUT2D eigenvalue weighted by molar-refractivity contribution is 0.385. The summed E-state index contributed by atoms with van der Waals surface area (Å²) in [6.45, 7) is 12.4. The van der Waals surface area contributed by atoms with E-state index in [1.54, 1.807) is 0 Å². The van der Waals surface area contributed by atoms with E-state index < -0.39 is 0 Å². The zero-order chi connectivity index (χ0) is 9.11. The molecule has 1 aliphatic carbocycles. The fraction of sp³-hybridized carbons (Fsp3) is 0.818. The molecule has 1 nitrogen and oxygen atoms in total. The standard InChI is InChI=1S/C7H14.C2H6.C2H4.H2O/c1-7-5-3-2-4-6-7;2*1-2;/h7H,2-6H2,1H3;1-2H3;1-2H2;1H2. The van der Waals surface area contributed by atoms with Gasteiger partial charge in [0.15, 0.2) is 0 Å². The molecule has 1 heteroatoms. The maximum atomic E-state index is 3.00. The summed E-state index contributed by atoms with van der Waals surface area (Å²) in [6, 6.07) is 0. The van der Waals surface area contributed by atoms with Gasteiger partial charge in [-0.05, 0) is 5.92 Å². The summed E-state index contributed by atoms with van der Waals surface area (Å²) in [6.07, 6.45) is 7.44. The Bertz CT molecular complexity index is 56.0. The molecule has 0 spiro atoms. The van der Waals surface area contributed by atoms with Crippen molar-refractivity contribution >= 4 is 0 Å². The Balaban J connectivity index is -0.000000144. The summed E-state index contributed by atoms with van der Waals surface area (Å²) in [5.74, 6) is 1.04. The molecule has 0 heterocycles. The first kappa shape index (κ1) is 17.7. The zero-order valence-electron chi connectivity index (χ0n) is 9.03. The van der Waals surface area contributed by atoms with Crippen LogP contribution < -0.4 is 0 Å². The Kier molecular flexibility index (Phi) is 25.0. The Labute approximate surface area is 78.2 Å². The highest BCUT2D eigenvalue weighted by atomic mass is 16.0. The number of hydrogen-bond donors (Lipinski definition) is 0. The Morgan fingerprint density at radius 1 is 0.917 bits per heavy atom. The Morgan fingerprint density at radius 2 is 1.25 bits per heavy atom. The van der Waals surface area contributed by atoms with E-state index in [9.17, 15) is 0 Å². The second kappa shape index (κ2) is 17.0. The molecule has 0 atom stereocenters.